The summed E-state index contributed by atoms with van der Waals surface area (Å²) in [5.41, 5.74) is 2.59. The van der Waals surface area contributed by atoms with Crippen molar-refractivity contribution in [3.63, 3.8) is 0 Å². The molecule has 4 aromatic rings. The van der Waals surface area contributed by atoms with E-state index in [0.29, 0.717) is 28.2 Å². The fourth-order valence-electron chi connectivity index (χ4n) is 3.58. The number of sulfonamides is 1. The number of anilines is 2. The first-order valence-electron chi connectivity index (χ1n) is 10.5. The Morgan fingerprint density at radius 3 is 2.44 bits per heavy atom. The summed E-state index contributed by atoms with van der Waals surface area (Å²) in [6, 6.07) is 18.3. The molecule has 10 heteroatoms. The van der Waals surface area contributed by atoms with E-state index in [1.807, 2.05) is 6.92 Å². The zero-order valence-corrected chi connectivity index (χ0v) is 19.5. The number of H-pyrrole nitrogens is 2. The molecule has 1 aromatic heterocycles. The molecule has 0 aliphatic carbocycles. The van der Waals surface area contributed by atoms with E-state index in [4.69, 9.17) is 4.74 Å². The number of fused-ring (bicyclic) bond motifs is 1. The summed E-state index contributed by atoms with van der Waals surface area (Å²) in [5.74, 6) is -0.00306. The Labute approximate surface area is 196 Å². The maximum absolute atomic E-state index is 13.5. The van der Waals surface area contributed by atoms with Crippen LogP contribution in [-0.2, 0) is 14.8 Å². The number of nitrogens with zero attached hydrogens (tertiary/aromatic N) is 1. The average Bonchev–Trinajstić information content (AvgIpc) is 3.19. The van der Waals surface area contributed by atoms with E-state index < -0.39 is 10.0 Å². The maximum Gasteiger partial charge on any atom is 0.323 e. The predicted molar refractivity (Wildman–Crippen MR) is 131 cm³/mol. The van der Waals surface area contributed by atoms with Crippen LogP contribution in [0.4, 0.5) is 11.4 Å². The number of imidazole rings is 1. The van der Waals surface area contributed by atoms with E-state index in [9.17, 15) is 18.0 Å². The van der Waals surface area contributed by atoms with Crippen LogP contribution in [0.5, 0.6) is 5.75 Å². The lowest BCUT2D eigenvalue weighted by molar-refractivity contribution is -0.116. The van der Waals surface area contributed by atoms with Gasteiger partial charge in [-0.2, -0.15) is 0 Å². The van der Waals surface area contributed by atoms with E-state index in [1.54, 1.807) is 66.7 Å². The SMILES string of the molecule is COc1ccccc1N(CCC(=O)Nc1ccc2[nH]c(=O)[nH]c2c1)S(=O)(=O)c1ccc(C)cc1. The minimum atomic E-state index is -3.97. The molecule has 0 unspecified atom stereocenters. The average molecular weight is 481 g/mol. The summed E-state index contributed by atoms with van der Waals surface area (Å²) >= 11 is 0. The van der Waals surface area contributed by atoms with Gasteiger partial charge in [-0.25, -0.2) is 13.2 Å². The molecule has 0 radical (unpaired) electrons. The number of aryl methyl sites for hydroxylation is 1. The smallest absolute Gasteiger partial charge is 0.323 e. The van der Waals surface area contributed by atoms with E-state index in [-0.39, 0.29) is 29.5 Å². The summed E-state index contributed by atoms with van der Waals surface area (Å²) in [4.78, 5) is 29.5. The summed E-state index contributed by atoms with van der Waals surface area (Å²) < 4.78 is 33.6. The third-order valence-electron chi connectivity index (χ3n) is 5.30. The molecule has 1 heterocycles. The fourth-order valence-corrected chi connectivity index (χ4v) is 5.06. The normalized spacial score (nSPS) is 11.4. The number of ether oxygens (including phenoxy) is 1. The molecule has 0 saturated heterocycles. The quantitative estimate of drug-likeness (QED) is 0.357. The van der Waals surface area contributed by atoms with E-state index in [2.05, 4.69) is 15.3 Å². The Morgan fingerprint density at radius 1 is 1.00 bits per heavy atom. The number of para-hydroxylation sites is 2. The standard InChI is InChI=1S/C24H24N4O5S/c1-16-7-10-18(11-8-16)34(31,32)28(21-5-3-4-6-22(21)33-2)14-13-23(29)25-17-9-12-19-20(15-17)27-24(30)26-19/h3-12,15H,13-14H2,1-2H3,(H,25,29)(H2,26,27,30). The van der Waals surface area contributed by atoms with Crippen LogP contribution in [0.25, 0.3) is 11.0 Å². The van der Waals surface area contributed by atoms with Crippen molar-refractivity contribution in [3.8, 4) is 5.75 Å². The zero-order chi connectivity index (χ0) is 24.3. The molecule has 1 amide bonds. The second kappa shape index (κ2) is 9.44. The summed E-state index contributed by atoms with van der Waals surface area (Å²) in [6.07, 6.45) is -0.106. The molecule has 0 aliphatic heterocycles. The first-order chi connectivity index (χ1) is 16.3. The van der Waals surface area contributed by atoms with Gasteiger partial charge in [0.25, 0.3) is 10.0 Å². The lowest BCUT2D eigenvalue weighted by Crippen LogP contribution is -2.34. The van der Waals surface area contributed by atoms with E-state index in [0.717, 1.165) is 5.56 Å². The highest BCUT2D eigenvalue weighted by Gasteiger charge is 2.27. The summed E-state index contributed by atoms with van der Waals surface area (Å²) in [7, 11) is -2.51. The van der Waals surface area contributed by atoms with Crippen molar-refractivity contribution in [1.29, 1.82) is 0 Å². The molecular formula is C24H24N4O5S. The highest BCUT2D eigenvalue weighted by atomic mass is 32.2. The molecular weight excluding hydrogens is 456 g/mol. The van der Waals surface area contributed by atoms with Crippen molar-refractivity contribution in [2.75, 3.05) is 23.3 Å². The van der Waals surface area contributed by atoms with Crippen LogP contribution < -0.4 is 20.0 Å². The largest absolute Gasteiger partial charge is 0.495 e. The number of carbonyl (C=O) groups is 1. The van der Waals surface area contributed by atoms with Gasteiger partial charge in [0.05, 0.1) is 28.7 Å². The highest BCUT2D eigenvalue weighted by molar-refractivity contribution is 7.92. The second-order valence-electron chi connectivity index (χ2n) is 7.70. The number of rotatable bonds is 8. The molecule has 176 valence electrons. The van der Waals surface area contributed by atoms with Gasteiger partial charge in [-0.05, 0) is 49.4 Å². The van der Waals surface area contributed by atoms with Gasteiger partial charge in [-0.1, -0.05) is 29.8 Å². The molecule has 0 bridgehead atoms. The van der Waals surface area contributed by atoms with Gasteiger partial charge in [0.15, 0.2) is 0 Å². The number of amides is 1. The minimum absolute atomic E-state index is 0.106. The molecule has 0 spiro atoms. The van der Waals surface area contributed by atoms with Crippen LogP contribution >= 0.6 is 0 Å². The van der Waals surface area contributed by atoms with Crippen LogP contribution in [-0.4, -0.2) is 37.9 Å². The monoisotopic (exact) mass is 480 g/mol. The van der Waals surface area contributed by atoms with Crippen LogP contribution in [0, 0.1) is 6.92 Å². The van der Waals surface area contributed by atoms with Gasteiger partial charge >= 0.3 is 5.69 Å². The fraction of sp³-hybridized carbons (Fsp3) is 0.167. The van der Waals surface area contributed by atoms with Crippen LogP contribution in [0.2, 0.25) is 0 Å². The number of aromatic nitrogens is 2. The first-order valence-corrected chi connectivity index (χ1v) is 12.0. The summed E-state index contributed by atoms with van der Waals surface area (Å²) in [6.45, 7) is 1.77. The number of benzene rings is 3. The first kappa shape index (κ1) is 23.1. The highest BCUT2D eigenvalue weighted by Crippen LogP contribution is 2.32. The predicted octanol–water partition coefficient (Wildman–Crippen LogP) is 3.40. The van der Waals surface area contributed by atoms with E-state index >= 15 is 0 Å². The van der Waals surface area contributed by atoms with Crippen LogP contribution in [0.15, 0.2) is 76.4 Å². The van der Waals surface area contributed by atoms with Gasteiger partial charge in [0.2, 0.25) is 5.91 Å². The third-order valence-corrected chi connectivity index (χ3v) is 7.13. The van der Waals surface area contributed by atoms with Crippen molar-refractivity contribution in [2.24, 2.45) is 0 Å². The molecule has 3 N–H and O–H groups in total. The van der Waals surface area contributed by atoms with Crippen LogP contribution in [0.3, 0.4) is 0 Å². The van der Waals surface area contributed by atoms with Gasteiger partial charge in [0.1, 0.15) is 5.75 Å². The van der Waals surface area contributed by atoms with Crippen molar-refractivity contribution in [1.82, 2.24) is 9.97 Å². The number of nitrogens with one attached hydrogen (secondary N) is 3. The van der Waals surface area contributed by atoms with Crippen molar-refractivity contribution in [3.05, 3.63) is 82.8 Å². The molecule has 0 atom stereocenters. The maximum atomic E-state index is 13.5. The Morgan fingerprint density at radius 2 is 1.71 bits per heavy atom. The topological polar surface area (TPSA) is 124 Å². The molecule has 34 heavy (non-hydrogen) atoms. The van der Waals surface area contributed by atoms with Crippen molar-refractivity contribution in [2.45, 2.75) is 18.2 Å². The van der Waals surface area contributed by atoms with Gasteiger partial charge in [-0.15, -0.1) is 0 Å². The van der Waals surface area contributed by atoms with Crippen molar-refractivity contribution < 1.29 is 17.9 Å². The third kappa shape index (κ3) is 4.81. The number of carbonyl (C=O) groups excluding carboxylic acids is 1. The molecule has 0 aliphatic rings. The van der Waals surface area contributed by atoms with Gasteiger partial charge < -0.3 is 20.0 Å². The van der Waals surface area contributed by atoms with Crippen LogP contribution in [0.1, 0.15) is 12.0 Å². The number of hydrogen-bond acceptors (Lipinski definition) is 5. The molecule has 4 rings (SSSR count). The Bertz CT molecular complexity index is 1490. The van der Waals surface area contributed by atoms with Gasteiger partial charge in [-0.3, -0.25) is 9.10 Å². The Hall–Kier alpha value is -4.05. The lowest BCUT2D eigenvalue weighted by Gasteiger charge is -2.26. The number of hydrogen-bond donors (Lipinski definition) is 3. The molecule has 0 fully saturated rings. The van der Waals surface area contributed by atoms with Crippen molar-refractivity contribution >= 4 is 38.3 Å². The molecule has 9 nitrogen and oxygen atoms in total. The summed E-state index contributed by atoms with van der Waals surface area (Å²) in [5, 5.41) is 2.75. The number of aromatic amines is 2. The minimum Gasteiger partial charge on any atom is -0.495 e. The van der Waals surface area contributed by atoms with Gasteiger partial charge in [0, 0.05) is 18.7 Å². The molecule has 3 aromatic carbocycles. The Kier molecular flexibility index (Phi) is 6.42. The Balaban J connectivity index is 1.59. The second-order valence-corrected chi connectivity index (χ2v) is 9.56. The zero-order valence-electron chi connectivity index (χ0n) is 18.7. The van der Waals surface area contributed by atoms with E-state index in [1.165, 1.54) is 11.4 Å². The molecule has 0 saturated carbocycles. The number of methoxy groups -OCH3 is 1. The lowest BCUT2D eigenvalue weighted by atomic mass is 10.2.